The van der Waals surface area contributed by atoms with E-state index in [0.29, 0.717) is 6.04 Å². The van der Waals surface area contributed by atoms with Gasteiger partial charge >= 0.3 is 0 Å². The lowest BCUT2D eigenvalue weighted by Crippen LogP contribution is -2.38. The second-order valence-corrected chi connectivity index (χ2v) is 5.68. The molecule has 1 fully saturated rings. The summed E-state index contributed by atoms with van der Waals surface area (Å²) >= 11 is 1.65. The summed E-state index contributed by atoms with van der Waals surface area (Å²) in [6.45, 7) is 4.54. The van der Waals surface area contributed by atoms with Crippen molar-refractivity contribution in [3.63, 3.8) is 0 Å². The number of aliphatic hydroxyl groups is 1. The Bertz CT molecular complexity index is 299. The zero-order chi connectivity index (χ0) is 11.4. The highest BCUT2D eigenvalue weighted by Crippen LogP contribution is 2.23. The molecular formula is C13H21NOS. The van der Waals surface area contributed by atoms with Crippen LogP contribution in [-0.4, -0.2) is 29.1 Å². The number of hydrogen-bond donors (Lipinski definition) is 1. The largest absolute Gasteiger partial charge is 0.388 e. The monoisotopic (exact) mass is 239 g/mol. The summed E-state index contributed by atoms with van der Waals surface area (Å²) in [7, 11) is 0. The summed E-state index contributed by atoms with van der Waals surface area (Å²) < 4.78 is 0. The van der Waals surface area contributed by atoms with Crippen LogP contribution < -0.4 is 0 Å². The van der Waals surface area contributed by atoms with Gasteiger partial charge in [-0.15, -0.1) is 11.3 Å². The molecule has 2 atom stereocenters. The Balaban J connectivity index is 1.78. The van der Waals surface area contributed by atoms with Gasteiger partial charge in [0.2, 0.25) is 0 Å². The standard InChI is InChI=1S/C13H21NOS/c1-11-5-2-3-8-14(11)9-7-12(15)13-6-4-10-16-13/h4,6,10-12,15H,2-3,5,7-9H2,1H3/t11-,12-/m0/s1. The van der Waals surface area contributed by atoms with Crippen molar-refractivity contribution in [3.8, 4) is 0 Å². The van der Waals surface area contributed by atoms with E-state index < -0.39 is 0 Å². The molecule has 2 heterocycles. The number of aliphatic hydroxyl groups excluding tert-OH is 1. The van der Waals surface area contributed by atoms with Gasteiger partial charge in [-0.1, -0.05) is 12.5 Å². The van der Waals surface area contributed by atoms with Crippen molar-refractivity contribution in [1.29, 1.82) is 0 Å². The Kier molecular flexibility index (Phi) is 4.38. The molecule has 3 heteroatoms. The van der Waals surface area contributed by atoms with Crippen molar-refractivity contribution >= 4 is 11.3 Å². The van der Waals surface area contributed by atoms with Crippen LogP contribution in [0, 0.1) is 0 Å². The molecule has 0 bridgehead atoms. The van der Waals surface area contributed by atoms with Crippen LogP contribution in [-0.2, 0) is 0 Å². The zero-order valence-corrected chi connectivity index (χ0v) is 10.7. The fourth-order valence-electron chi connectivity index (χ4n) is 2.40. The number of rotatable bonds is 4. The molecule has 90 valence electrons. The van der Waals surface area contributed by atoms with Crippen LogP contribution in [0.3, 0.4) is 0 Å². The zero-order valence-electron chi connectivity index (χ0n) is 9.93. The SMILES string of the molecule is C[C@H]1CCCCN1CC[C@H](O)c1cccs1. The maximum absolute atomic E-state index is 10.0. The van der Waals surface area contributed by atoms with Crippen molar-refractivity contribution in [2.24, 2.45) is 0 Å². The molecule has 0 aliphatic carbocycles. The van der Waals surface area contributed by atoms with E-state index in [-0.39, 0.29) is 6.10 Å². The van der Waals surface area contributed by atoms with E-state index >= 15 is 0 Å². The van der Waals surface area contributed by atoms with Gasteiger partial charge in [-0.25, -0.2) is 0 Å². The Morgan fingerprint density at radius 1 is 1.56 bits per heavy atom. The lowest BCUT2D eigenvalue weighted by Gasteiger charge is -2.33. The third-order valence-electron chi connectivity index (χ3n) is 3.50. The topological polar surface area (TPSA) is 23.5 Å². The smallest absolute Gasteiger partial charge is 0.0894 e. The number of nitrogens with zero attached hydrogens (tertiary/aromatic N) is 1. The van der Waals surface area contributed by atoms with E-state index in [1.165, 1.54) is 25.8 Å². The van der Waals surface area contributed by atoms with Gasteiger partial charge in [0, 0.05) is 17.5 Å². The van der Waals surface area contributed by atoms with Crippen LogP contribution in [0.2, 0.25) is 0 Å². The van der Waals surface area contributed by atoms with Gasteiger partial charge in [0.1, 0.15) is 0 Å². The van der Waals surface area contributed by atoms with Crippen molar-refractivity contribution < 1.29 is 5.11 Å². The van der Waals surface area contributed by atoms with E-state index in [2.05, 4.69) is 11.8 Å². The quantitative estimate of drug-likeness (QED) is 0.873. The van der Waals surface area contributed by atoms with Crippen LogP contribution in [0.5, 0.6) is 0 Å². The molecule has 1 saturated heterocycles. The Morgan fingerprint density at radius 2 is 2.44 bits per heavy atom. The number of hydrogen-bond acceptors (Lipinski definition) is 3. The molecule has 0 radical (unpaired) electrons. The lowest BCUT2D eigenvalue weighted by atomic mass is 10.0. The minimum Gasteiger partial charge on any atom is -0.388 e. The molecule has 16 heavy (non-hydrogen) atoms. The van der Waals surface area contributed by atoms with Crippen LogP contribution >= 0.6 is 11.3 Å². The third-order valence-corrected chi connectivity index (χ3v) is 4.48. The average Bonchev–Trinajstić information content (AvgIpc) is 2.81. The molecule has 2 rings (SSSR count). The highest BCUT2D eigenvalue weighted by atomic mass is 32.1. The molecule has 0 saturated carbocycles. The summed E-state index contributed by atoms with van der Waals surface area (Å²) in [6.07, 6.45) is 4.60. The molecule has 0 amide bonds. The molecule has 1 N–H and O–H groups in total. The first-order valence-corrected chi connectivity index (χ1v) is 7.11. The molecule has 0 spiro atoms. The highest BCUT2D eigenvalue weighted by molar-refractivity contribution is 7.10. The van der Waals surface area contributed by atoms with E-state index in [1.54, 1.807) is 11.3 Å². The van der Waals surface area contributed by atoms with E-state index in [4.69, 9.17) is 0 Å². The van der Waals surface area contributed by atoms with Crippen LogP contribution in [0.1, 0.15) is 43.6 Å². The lowest BCUT2D eigenvalue weighted by molar-refractivity contribution is 0.111. The van der Waals surface area contributed by atoms with Crippen molar-refractivity contribution in [3.05, 3.63) is 22.4 Å². The van der Waals surface area contributed by atoms with E-state index in [0.717, 1.165) is 17.8 Å². The Hall–Kier alpha value is -0.380. The summed E-state index contributed by atoms with van der Waals surface area (Å²) in [5.41, 5.74) is 0. The molecule has 1 aromatic heterocycles. The number of likely N-dealkylation sites (tertiary alicyclic amines) is 1. The number of piperidine rings is 1. The molecule has 0 aromatic carbocycles. The van der Waals surface area contributed by atoms with Gasteiger partial charge in [0.05, 0.1) is 6.10 Å². The summed E-state index contributed by atoms with van der Waals surface area (Å²) in [4.78, 5) is 3.62. The van der Waals surface area contributed by atoms with E-state index in [9.17, 15) is 5.11 Å². The van der Waals surface area contributed by atoms with Crippen molar-refractivity contribution in [2.45, 2.75) is 44.8 Å². The van der Waals surface area contributed by atoms with Crippen molar-refractivity contribution in [1.82, 2.24) is 4.90 Å². The summed E-state index contributed by atoms with van der Waals surface area (Å²) in [6, 6.07) is 4.73. The first kappa shape index (κ1) is 12.1. The van der Waals surface area contributed by atoms with Crippen LogP contribution in [0.25, 0.3) is 0 Å². The second kappa shape index (κ2) is 5.80. The fourth-order valence-corrected chi connectivity index (χ4v) is 3.15. The predicted octanol–water partition coefficient (Wildman–Crippen LogP) is 3.05. The Labute approximate surface area is 102 Å². The normalized spacial score (nSPS) is 24.5. The van der Waals surface area contributed by atoms with Crippen LogP contribution in [0.4, 0.5) is 0 Å². The number of thiophene rings is 1. The van der Waals surface area contributed by atoms with Gasteiger partial charge in [-0.3, -0.25) is 0 Å². The van der Waals surface area contributed by atoms with Crippen LogP contribution in [0.15, 0.2) is 17.5 Å². The molecule has 1 aliphatic rings. The first-order valence-electron chi connectivity index (χ1n) is 6.23. The summed E-state index contributed by atoms with van der Waals surface area (Å²) in [5.74, 6) is 0. The third kappa shape index (κ3) is 3.06. The molecule has 1 aliphatic heterocycles. The van der Waals surface area contributed by atoms with E-state index in [1.807, 2.05) is 17.5 Å². The van der Waals surface area contributed by atoms with Gasteiger partial charge in [0.15, 0.2) is 0 Å². The Morgan fingerprint density at radius 3 is 3.12 bits per heavy atom. The first-order chi connectivity index (χ1) is 7.77. The maximum atomic E-state index is 10.0. The second-order valence-electron chi connectivity index (χ2n) is 4.70. The van der Waals surface area contributed by atoms with Crippen molar-refractivity contribution in [2.75, 3.05) is 13.1 Å². The minimum atomic E-state index is -0.269. The molecule has 0 unspecified atom stereocenters. The highest BCUT2D eigenvalue weighted by Gasteiger charge is 2.19. The van der Waals surface area contributed by atoms with Gasteiger partial charge in [-0.2, -0.15) is 0 Å². The summed E-state index contributed by atoms with van der Waals surface area (Å²) in [5, 5.41) is 12.0. The van der Waals surface area contributed by atoms with Gasteiger partial charge in [0.25, 0.3) is 0 Å². The minimum absolute atomic E-state index is 0.269. The molecule has 2 nitrogen and oxygen atoms in total. The predicted molar refractivity (Wildman–Crippen MR) is 68.8 cm³/mol. The average molecular weight is 239 g/mol. The molecule has 1 aromatic rings. The van der Waals surface area contributed by atoms with Gasteiger partial charge < -0.3 is 10.0 Å². The maximum Gasteiger partial charge on any atom is 0.0894 e. The van der Waals surface area contributed by atoms with Gasteiger partial charge in [-0.05, 0) is 44.2 Å². The fraction of sp³-hybridized carbons (Fsp3) is 0.692. The molecular weight excluding hydrogens is 218 g/mol.